The van der Waals surface area contributed by atoms with Crippen LogP contribution in [-0.2, 0) is 9.53 Å². The summed E-state index contributed by atoms with van der Waals surface area (Å²) in [5.41, 5.74) is -0.112. The normalized spacial score (nSPS) is 27.3. The van der Waals surface area contributed by atoms with Crippen LogP contribution in [0.1, 0.15) is 26.2 Å². The molecule has 0 bridgehead atoms. The third-order valence-electron chi connectivity index (χ3n) is 3.75. The smallest absolute Gasteiger partial charge is 0.409 e. The van der Waals surface area contributed by atoms with Gasteiger partial charge in [-0.3, -0.25) is 10.1 Å². The molecule has 2 fully saturated rings. The predicted octanol–water partition coefficient (Wildman–Crippen LogP) is 0.994. The third kappa shape index (κ3) is 3.76. The van der Waals surface area contributed by atoms with E-state index < -0.39 is 0 Å². The Hall–Kier alpha value is -1.01. The first kappa shape index (κ1) is 15.4. The highest BCUT2D eigenvalue weighted by Gasteiger charge is 2.31. The van der Waals surface area contributed by atoms with E-state index in [1.165, 1.54) is 0 Å². The van der Waals surface area contributed by atoms with Gasteiger partial charge in [-0.05, 0) is 26.2 Å². The zero-order valence-electron chi connectivity index (χ0n) is 11.8. The highest BCUT2D eigenvalue weighted by Crippen LogP contribution is 2.17. The first-order chi connectivity index (χ1) is 9.61. The van der Waals surface area contributed by atoms with Crippen LogP contribution in [0.4, 0.5) is 4.79 Å². The second-order valence-corrected chi connectivity index (χ2v) is 5.66. The number of piperidine rings is 1. The van der Waals surface area contributed by atoms with E-state index in [1.807, 2.05) is 4.90 Å². The molecule has 2 amide bonds. The Morgan fingerprint density at radius 1 is 1.20 bits per heavy atom. The number of nitrogens with one attached hydrogen (secondary N) is 1. The van der Waals surface area contributed by atoms with Gasteiger partial charge in [-0.15, -0.1) is 11.6 Å². The highest BCUT2D eigenvalue weighted by molar-refractivity contribution is 6.20. The molecule has 2 rings (SSSR count). The van der Waals surface area contributed by atoms with Crippen molar-refractivity contribution in [1.29, 1.82) is 0 Å². The Kier molecular flexibility index (Phi) is 5.48. The summed E-state index contributed by atoms with van der Waals surface area (Å²) in [6.45, 7) is 4.34. The number of carbonyl (C=O) groups is 2. The van der Waals surface area contributed by atoms with E-state index in [4.69, 9.17) is 16.3 Å². The third-order valence-corrected chi connectivity index (χ3v) is 4.09. The molecule has 2 saturated heterocycles. The lowest BCUT2D eigenvalue weighted by atomic mass is 10.0. The molecule has 0 saturated carbocycles. The Labute approximate surface area is 124 Å². The molecule has 0 aromatic rings. The van der Waals surface area contributed by atoms with Crippen LogP contribution in [0, 0.1) is 0 Å². The van der Waals surface area contributed by atoms with Gasteiger partial charge in [-0.2, -0.15) is 0 Å². The first-order valence-corrected chi connectivity index (χ1v) is 7.66. The number of hydrogen-bond donors (Lipinski definition) is 1. The standard InChI is InChI=1S/C13H22ClN3O3/c1-2-20-13(19)17-8-6-16(7-9-17)12(18)10-4-3-5-11(14)15-10/h10-11,15H,2-9H2,1H3. The second kappa shape index (κ2) is 7.13. The monoisotopic (exact) mass is 303 g/mol. The van der Waals surface area contributed by atoms with Crippen molar-refractivity contribution < 1.29 is 14.3 Å². The maximum atomic E-state index is 12.4. The molecule has 0 aliphatic carbocycles. The molecule has 6 nitrogen and oxygen atoms in total. The molecule has 2 heterocycles. The van der Waals surface area contributed by atoms with E-state index in [2.05, 4.69) is 5.32 Å². The summed E-state index contributed by atoms with van der Waals surface area (Å²) < 4.78 is 4.96. The fourth-order valence-corrected chi connectivity index (χ4v) is 2.93. The van der Waals surface area contributed by atoms with Crippen molar-refractivity contribution in [1.82, 2.24) is 15.1 Å². The van der Waals surface area contributed by atoms with Crippen LogP contribution in [0.15, 0.2) is 0 Å². The van der Waals surface area contributed by atoms with Crippen LogP contribution in [0.3, 0.4) is 0 Å². The van der Waals surface area contributed by atoms with E-state index in [1.54, 1.807) is 11.8 Å². The van der Waals surface area contributed by atoms with Crippen LogP contribution < -0.4 is 5.32 Å². The van der Waals surface area contributed by atoms with Crippen molar-refractivity contribution in [2.45, 2.75) is 37.7 Å². The zero-order chi connectivity index (χ0) is 14.5. The van der Waals surface area contributed by atoms with E-state index in [0.29, 0.717) is 32.8 Å². The minimum absolute atomic E-state index is 0.0962. The molecule has 2 atom stereocenters. The average Bonchev–Trinajstić information content (AvgIpc) is 2.47. The number of rotatable bonds is 2. The number of amides is 2. The zero-order valence-corrected chi connectivity index (χ0v) is 12.6. The van der Waals surface area contributed by atoms with Gasteiger partial charge in [-0.25, -0.2) is 4.79 Å². The largest absolute Gasteiger partial charge is 0.450 e. The quantitative estimate of drug-likeness (QED) is 0.610. The summed E-state index contributed by atoms with van der Waals surface area (Å²) in [7, 11) is 0. The Balaban J connectivity index is 1.81. The minimum atomic E-state index is -0.295. The molecule has 2 aliphatic rings. The molecular formula is C13H22ClN3O3. The topological polar surface area (TPSA) is 61.9 Å². The Bertz CT molecular complexity index is 359. The predicted molar refractivity (Wildman–Crippen MR) is 75.6 cm³/mol. The first-order valence-electron chi connectivity index (χ1n) is 7.22. The maximum absolute atomic E-state index is 12.4. The number of alkyl halides is 1. The van der Waals surface area contributed by atoms with Crippen LogP contribution in [0.25, 0.3) is 0 Å². The van der Waals surface area contributed by atoms with Gasteiger partial charge in [0.15, 0.2) is 0 Å². The SMILES string of the molecule is CCOC(=O)N1CCN(C(=O)C2CCCC(Cl)N2)CC1. The molecule has 114 valence electrons. The van der Waals surface area contributed by atoms with Gasteiger partial charge in [-0.1, -0.05) is 0 Å². The van der Waals surface area contributed by atoms with Crippen LogP contribution in [0.5, 0.6) is 0 Å². The molecule has 0 aromatic carbocycles. The van der Waals surface area contributed by atoms with Gasteiger partial charge in [0.25, 0.3) is 0 Å². The number of ether oxygens (including phenoxy) is 1. The molecule has 1 N–H and O–H groups in total. The molecule has 0 aromatic heterocycles. The summed E-state index contributed by atoms with van der Waals surface area (Å²) in [6, 6.07) is -0.180. The van der Waals surface area contributed by atoms with Gasteiger partial charge in [0.1, 0.15) is 0 Å². The number of nitrogens with zero attached hydrogens (tertiary/aromatic N) is 2. The lowest BCUT2D eigenvalue weighted by molar-refractivity contribution is -0.135. The van der Waals surface area contributed by atoms with Gasteiger partial charge in [0, 0.05) is 26.2 Å². The fourth-order valence-electron chi connectivity index (χ4n) is 2.63. The lowest BCUT2D eigenvalue weighted by Gasteiger charge is -2.37. The molecule has 7 heteroatoms. The molecule has 0 radical (unpaired) electrons. The van der Waals surface area contributed by atoms with E-state index in [0.717, 1.165) is 19.3 Å². The molecule has 20 heavy (non-hydrogen) atoms. The van der Waals surface area contributed by atoms with Crippen molar-refractivity contribution in [3.63, 3.8) is 0 Å². The van der Waals surface area contributed by atoms with Gasteiger partial charge >= 0.3 is 6.09 Å². The molecule has 2 unspecified atom stereocenters. The molecular weight excluding hydrogens is 282 g/mol. The van der Waals surface area contributed by atoms with Crippen LogP contribution in [0.2, 0.25) is 0 Å². The van der Waals surface area contributed by atoms with Crippen molar-refractivity contribution in [3.05, 3.63) is 0 Å². The van der Waals surface area contributed by atoms with Gasteiger partial charge in [0.2, 0.25) is 5.91 Å². The summed E-state index contributed by atoms with van der Waals surface area (Å²) in [5, 5.41) is 3.14. The van der Waals surface area contributed by atoms with Crippen LogP contribution >= 0.6 is 11.6 Å². The summed E-state index contributed by atoms with van der Waals surface area (Å²) >= 11 is 6.04. The van der Waals surface area contributed by atoms with Crippen molar-refractivity contribution >= 4 is 23.6 Å². The number of hydrogen-bond acceptors (Lipinski definition) is 4. The second-order valence-electron chi connectivity index (χ2n) is 5.13. The van der Waals surface area contributed by atoms with Gasteiger partial charge in [0.05, 0.1) is 18.1 Å². The van der Waals surface area contributed by atoms with Crippen molar-refractivity contribution in [2.75, 3.05) is 32.8 Å². The summed E-state index contributed by atoms with van der Waals surface area (Å²) in [4.78, 5) is 27.4. The molecule has 0 spiro atoms. The number of piperazine rings is 1. The Morgan fingerprint density at radius 2 is 1.85 bits per heavy atom. The minimum Gasteiger partial charge on any atom is -0.450 e. The number of carbonyl (C=O) groups excluding carboxylic acids is 2. The van der Waals surface area contributed by atoms with Gasteiger partial charge < -0.3 is 14.5 Å². The lowest BCUT2D eigenvalue weighted by Crippen LogP contribution is -2.56. The van der Waals surface area contributed by atoms with Crippen LogP contribution in [-0.4, -0.2) is 66.1 Å². The highest BCUT2D eigenvalue weighted by atomic mass is 35.5. The van der Waals surface area contributed by atoms with Crippen molar-refractivity contribution in [3.8, 4) is 0 Å². The summed E-state index contributed by atoms with van der Waals surface area (Å²) in [6.07, 6.45) is 2.42. The Morgan fingerprint density at radius 3 is 2.45 bits per heavy atom. The van der Waals surface area contributed by atoms with E-state index in [9.17, 15) is 9.59 Å². The van der Waals surface area contributed by atoms with E-state index in [-0.39, 0.29) is 23.5 Å². The maximum Gasteiger partial charge on any atom is 0.409 e. The number of halogens is 1. The average molecular weight is 304 g/mol. The fraction of sp³-hybridized carbons (Fsp3) is 0.846. The molecule has 2 aliphatic heterocycles. The van der Waals surface area contributed by atoms with E-state index >= 15 is 0 Å². The van der Waals surface area contributed by atoms with Crippen molar-refractivity contribution in [2.24, 2.45) is 0 Å². The summed E-state index contributed by atoms with van der Waals surface area (Å²) in [5.74, 6) is 0.0962.